The van der Waals surface area contributed by atoms with Gasteiger partial charge in [-0.2, -0.15) is 4.98 Å². The highest BCUT2D eigenvalue weighted by Crippen LogP contribution is 2.28. The predicted octanol–water partition coefficient (Wildman–Crippen LogP) is 2.68. The second kappa shape index (κ2) is 6.77. The van der Waals surface area contributed by atoms with Gasteiger partial charge in [0.2, 0.25) is 5.95 Å². The Hall–Kier alpha value is -1.10. The van der Waals surface area contributed by atoms with Crippen LogP contribution in [0, 0.1) is 5.92 Å². The van der Waals surface area contributed by atoms with Gasteiger partial charge in [0.1, 0.15) is 5.82 Å². The number of rotatable bonds is 5. The lowest BCUT2D eigenvalue weighted by molar-refractivity contribution is 0.317. The van der Waals surface area contributed by atoms with Gasteiger partial charge in [-0.3, -0.25) is 5.10 Å². The van der Waals surface area contributed by atoms with Crippen LogP contribution in [0.5, 0.6) is 0 Å². The maximum absolute atomic E-state index is 4.74. The zero-order valence-corrected chi connectivity index (χ0v) is 13.4. The van der Waals surface area contributed by atoms with Gasteiger partial charge in [0, 0.05) is 25.0 Å². The normalized spacial score (nSPS) is 24.1. The van der Waals surface area contributed by atoms with Crippen molar-refractivity contribution >= 4 is 5.95 Å². The van der Waals surface area contributed by atoms with E-state index >= 15 is 0 Å². The lowest BCUT2D eigenvalue weighted by Crippen LogP contribution is -2.41. The Bertz CT molecular complexity index is 426. The first-order valence-corrected chi connectivity index (χ1v) is 8.72. The third-order valence-corrected chi connectivity index (χ3v) is 5.35. The molecule has 2 aliphatic rings. The number of aromatic nitrogens is 3. The van der Waals surface area contributed by atoms with E-state index in [1.165, 1.54) is 32.2 Å². The molecule has 1 unspecified atom stereocenters. The zero-order valence-electron chi connectivity index (χ0n) is 13.4. The first-order chi connectivity index (χ1) is 10.3. The Labute approximate surface area is 127 Å². The molecule has 2 N–H and O–H groups in total. The first-order valence-electron chi connectivity index (χ1n) is 8.72. The van der Waals surface area contributed by atoms with Gasteiger partial charge in [-0.05, 0) is 51.0 Å². The zero-order chi connectivity index (χ0) is 14.7. The van der Waals surface area contributed by atoms with E-state index in [1.807, 2.05) is 0 Å². The molecule has 3 rings (SSSR count). The summed E-state index contributed by atoms with van der Waals surface area (Å²) >= 11 is 0. The van der Waals surface area contributed by atoms with Gasteiger partial charge in [0.25, 0.3) is 0 Å². The number of hydrogen-bond acceptors (Lipinski definition) is 4. The van der Waals surface area contributed by atoms with E-state index in [-0.39, 0.29) is 0 Å². The monoisotopic (exact) mass is 291 g/mol. The van der Waals surface area contributed by atoms with Crippen LogP contribution in [-0.4, -0.2) is 40.9 Å². The fourth-order valence-electron chi connectivity index (χ4n) is 3.88. The molecule has 0 saturated carbocycles. The van der Waals surface area contributed by atoms with E-state index in [0.717, 1.165) is 49.7 Å². The van der Waals surface area contributed by atoms with Gasteiger partial charge in [-0.15, -0.1) is 5.10 Å². The molecule has 1 aromatic heterocycles. The van der Waals surface area contributed by atoms with Crippen molar-refractivity contribution in [1.82, 2.24) is 20.5 Å². The van der Waals surface area contributed by atoms with Gasteiger partial charge in [-0.25, -0.2) is 0 Å². The SMILES string of the molecule is CCC(CC)c1nc(N2CCC(C3CCCN3)CC2)n[nH]1. The maximum atomic E-state index is 4.74. The first kappa shape index (κ1) is 14.8. The third kappa shape index (κ3) is 3.23. The van der Waals surface area contributed by atoms with E-state index in [9.17, 15) is 0 Å². The van der Waals surface area contributed by atoms with Crippen molar-refractivity contribution in [2.24, 2.45) is 5.92 Å². The van der Waals surface area contributed by atoms with Crippen LogP contribution in [0.25, 0.3) is 0 Å². The maximum Gasteiger partial charge on any atom is 0.244 e. The molecule has 0 aromatic carbocycles. The van der Waals surface area contributed by atoms with Crippen LogP contribution < -0.4 is 10.2 Å². The molecular formula is C16H29N5. The summed E-state index contributed by atoms with van der Waals surface area (Å²) in [5.41, 5.74) is 0. The summed E-state index contributed by atoms with van der Waals surface area (Å²) in [4.78, 5) is 7.10. The van der Waals surface area contributed by atoms with Gasteiger partial charge in [0.05, 0.1) is 0 Å². The van der Waals surface area contributed by atoms with Crippen LogP contribution in [0.15, 0.2) is 0 Å². The van der Waals surface area contributed by atoms with E-state index in [4.69, 9.17) is 4.98 Å². The van der Waals surface area contributed by atoms with Crippen LogP contribution in [0.3, 0.4) is 0 Å². The molecule has 5 nitrogen and oxygen atoms in total. The van der Waals surface area contributed by atoms with E-state index in [2.05, 4.69) is 34.3 Å². The summed E-state index contributed by atoms with van der Waals surface area (Å²) in [5.74, 6) is 3.34. The van der Waals surface area contributed by atoms with Crippen molar-refractivity contribution in [1.29, 1.82) is 0 Å². The third-order valence-electron chi connectivity index (χ3n) is 5.35. The lowest BCUT2D eigenvalue weighted by Gasteiger charge is -2.34. The van der Waals surface area contributed by atoms with E-state index in [1.54, 1.807) is 0 Å². The molecule has 1 atom stereocenters. The summed E-state index contributed by atoms with van der Waals surface area (Å²) in [6.07, 6.45) is 7.51. The average Bonchev–Trinajstić information content (AvgIpc) is 3.21. The van der Waals surface area contributed by atoms with Crippen LogP contribution >= 0.6 is 0 Å². The average molecular weight is 291 g/mol. The molecular weight excluding hydrogens is 262 g/mol. The van der Waals surface area contributed by atoms with Crippen molar-refractivity contribution in [2.45, 2.75) is 64.3 Å². The molecule has 3 heterocycles. The fraction of sp³-hybridized carbons (Fsp3) is 0.875. The molecule has 2 aliphatic heterocycles. The number of nitrogens with zero attached hydrogens (tertiary/aromatic N) is 3. The molecule has 21 heavy (non-hydrogen) atoms. The fourth-order valence-corrected chi connectivity index (χ4v) is 3.88. The van der Waals surface area contributed by atoms with E-state index < -0.39 is 0 Å². The largest absolute Gasteiger partial charge is 0.340 e. The Morgan fingerprint density at radius 2 is 1.95 bits per heavy atom. The molecule has 1 aromatic rings. The van der Waals surface area contributed by atoms with Crippen molar-refractivity contribution in [2.75, 3.05) is 24.5 Å². The number of anilines is 1. The molecule has 2 saturated heterocycles. The highest BCUT2D eigenvalue weighted by atomic mass is 15.4. The molecule has 0 aliphatic carbocycles. The molecule has 5 heteroatoms. The minimum Gasteiger partial charge on any atom is -0.340 e. The number of hydrogen-bond donors (Lipinski definition) is 2. The summed E-state index contributed by atoms with van der Waals surface area (Å²) in [6.45, 7) is 7.85. The molecule has 2 fully saturated rings. The number of H-pyrrole nitrogens is 1. The van der Waals surface area contributed by atoms with Crippen LogP contribution in [0.1, 0.15) is 64.1 Å². The Kier molecular flexibility index (Phi) is 4.78. The molecule has 118 valence electrons. The summed E-state index contributed by atoms with van der Waals surface area (Å²) < 4.78 is 0. The van der Waals surface area contributed by atoms with Gasteiger partial charge in [0.15, 0.2) is 0 Å². The predicted molar refractivity (Wildman–Crippen MR) is 85.7 cm³/mol. The Morgan fingerprint density at radius 3 is 2.57 bits per heavy atom. The van der Waals surface area contributed by atoms with Gasteiger partial charge >= 0.3 is 0 Å². The standard InChI is InChI=1S/C16H29N5/c1-3-12(4-2)15-18-16(20-19-15)21-10-7-13(8-11-21)14-6-5-9-17-14/h12-14,17H,3-11H2,1-2H3,(H,18,19,20). The second-order valence-corrected chi connectivity index (χ2v) is 6.56. The smallest absolute Gasteiger partial charge is 0.244 e. The molecule has 0 spiro atoms. The molecule has 0 bridgehead atoms. The van der Waals surface area contributed by atoms with Crippen LogP contribution in [-0.2, 0) is 0 Å². The Balaban J connectivity index is 1.56. The second-order valence-electron chi connectivity index (χ2n) is 6.56. The lowest BCUT2D eigenvalue weighted by atomic mass is 9.89. The molecule has 0 radical (unpaired) electrons. The topological polar surface area (TPSA) is 56.8 Å². The van der Waals surface area contributed by atoms with Crippen molar-refractivity contribution in [3.8, 4) is 0 Å². The summed E-state index contributed by atoms with van der Waals surface area (Å²) in [7, 11) is 0. The number of nitrogens with one attached hydrogen (secondary N) is 2. The minimum atomic E-state index is 0.520. The number of aromatic amines is 1. The van der Waals surface area contributed by atoms with Crippen molar-refractivity contribution in [3.63, 3.8) is 0 Å². The van der Waals surface area contributed by atoms with E-state index in [0.29, 0.717) is 5.92 Å². The summed E-state index contributed by atoms with van der Waals surface area (Å²) in [5, 5.41) is 11.3. The highest BCUT2D eigenvalue weighted by molar-refractivity contribution is 5.30. The van der Waals surface area contributed by atoms with Gasteiger partial charge in [-0.1, -0.05) is 13.8 Å². The van der Waals surface area contributed by atoms with Crippen molar-refractivity contribution in [3.05, 3.63) is 5.82 Å². The summed E-state index contributed by atoms with van der Waals surface area (Å²) in [6, 6.07) is 0.763. The Morgan fingerprint density at radius 1 is 1.19 bits per heavy atom. The minimum absolute atomic E-state index is 0.520. The van der Waals surface area contributed by atoms with Crippen LogP contribution in [0.4, 0.5) is 5.95 Å². The number of piperidine rings is 1. The van der Waals surface area contributed by atoms with Crippen LogP contribution in [0.2, 0.25) is 0 Å². The van der Waals surface area contributed by atoms with Gasteiger partial charge < -0.3 is 10.2 Å². The molecule has 0 amide bonds. The van der Waals surface area contributed by atoms with Crippen molar-refractivity contribution < 1.29 is 0 Å². The quantitative estimate of drug-likeness (QED) is 0.876. The highest BCUT2D eigenvalue weighted by Gasteiger charge is 2.29.